The number of benzene rings is 2. The molecule has 1 atom stereocenters. The topological polar surface area (TPSA) is 44.8 Å². The second-order valence-electron chi connectivity index (χ2n) is 5.86. The summed E-state index contributed by atoms with van der Waals surface area (Å²) in [6.07, 6.45) is 0. The summed E-state index contributed by atoms with van der Waals surface area (Å²) in [5, 5.41) is 4.93. The van der Waals surface area contributed by atoms with Crippen LogP contribution in [0.2, 0.25) is 0 Å². The normalized spacial score (nSPS) is 22.3. The fourth-order valence-electron chi connectivity index (χ4n) is 3.04. The first-order valence-corrected chi connectivity index (χ1v) is 8.59. The third-order valence-electron chi connectivity index (χ3n) is 4.26. The van der Waals surface area contributed by atoms with Gasteiger partial charge in [0, 0.05) is 17.1 Å². The van der Waals surface area contributed by atoms with E-state index < -0.39 is 5.72 Å². The van der Waals surface area contributed by atoms with Crippen LogP contribution < -0.4 is 15.3 Å². The van der Waals surface area contributed by atoms with Crippen molar-refractivity contribution in [1.29, 1.82) is 0 Å². The third-order valence-corrected chi connectivity index (χ3v) is 5.05. The van der Waals surface area contributed by atoms with Crippen molar-refractivity contribution in [2.75, 3.05) is 17.0 Å². The number of aryl methyl sites for hydroxylation is 1. The van der Waals surface area contributed by atoms with Crippen LogP contribution in [0.5, 0.6) is 0 Å². The van der Waals surface area contributed by atoms with Gasteiger partial charge in [0.25, 0.3) is 11.6 Å². The number of halogens is 1. The number of amides is 1. The monoisotopic (exact) mass is 403 g/mol. The van der Waals surface area contributed by atoms with Crippen LogP contribution >= 0.6 is 28.1 Å². The molecule has 1 amide bonds. The Morgan fingerprint density at radius 2 is 1.92 bits per heavy atom. The summed E-state index contributed by atoms with van der Waals surface area (Å²) in [4.78, 5) is 20.6. The van der Waals surface area contributed by atoms with Crippen molar-refractivity contribution in [3.8, 4) is 0 Å². The number of carbonyl (C=O) groups excluding carboxylic acids is 1. The number of hydroxylamine groups is 1. The van der Waals surface area contributed by atoms with Gasteiger partial charge in [-0.3, -0.25) is 4.79 Å². The smallest absolute Gasteiger partial charge is 0.287 e. The van der Waals surface area contributed by atoms with Crippen molar-refractivity contribution in [3.63, 3.8) is 0 Å². The summed E-state index contributed by atoms with van der Waals surface area (Å²) >= 11 is 8.83. The van der Waals surface area contributed by atoms with Crippen molar-refractivity contribution in [1.82, 2.24) is 5.32 Å². The second kappa shape index (κ2) is 5.27. The molecule has 2 aliphatic rings. The maximum Gasteiger partial charge on any atom is 0.287 e. The molecule has 5 nitrogen and oxygen atoms in total. The SMILES string of the molecule is Cc1ccc2c(c1)C1(NC(=S)N(c3ccc(Br)cc3)O1)C(=O)N2C. The Morgan fingerprint density at radius 3 is 2.62 bits per heavy atom. The van der Waals surface area contributed by atoms with E-state index in [1.54, 1.807) is 11.9 Å². The molecule has 1 saturated heterocycles. The quantitative estimate of drug-likeness (QED) is 0.740. The average Bonchev–Trinajstić information content (AvgIpc) is 3.00. The number of anilines is 2. The molecule has 2 aliphatic heterocycles. The van der Waals surface area contributed by atoms with Crippen molar-refractivity contribution in [2.24, 2.45) is 0 Å². The van der Waals surface area contributed by atoms with Crippen LogP contribution in [0.4, 0.5) is 11.4 Å². The van der Waals surface area contributed by atoms with E-state index in [0.29, 0.717) is 5.11 Å². The highest BCUT2D eigenvalue weighted by Gasteiger charge is 2.58. The second-order valence-corrected chi connectivity index (χ2v) is 7.16. The lowest BCUT2D eigenvalue weighted by Crippen LogP contribution is -2.47. The molecule has 0 aromatic heterocycles. The van der Waals surface area contributed by atoms with E-state index in [2.05, 4.69) is 21.2 Å². The summed E-state index contributed by atoms with van der Waals surface area (Å²) in [7, 11) is 1.74. The summed E-state index contributed by atoms with van der Waals surface area (Å²) in [5.74, 6) is -0.190. The summed E-state index contributed by atoms with van der Waals surface area (Å²) in [6.45, 7) is 1.98. The van der Waals surface area contributed by atoms with Gasteiger partial charge in [0.05, 0.1) is 11.4 Å². The standard InChI is InChI=1S/C17H14BrN3O2S/c1-10-3-8-14-13(9-10)17(15(22)20(14)2)19-16(24)21(23-17)12-6-4-11(18)5-7-12/h3-9H,1-2H3,(H,19,24). The molecule has 1 fully saturated rings. The van der Waals surface area contributed by atoms with Gasteiger partial charge in [-0.2, -0.15) is 5.06 Å². The molecule has 122 valence electrons. The highest BCUT2D eigenvalue weighted by Crippen LogP contribution is 2.44. The zero-order valence-electron chi connectivity index (χ0n) is 13.0. The van der Waals surface area contributed by atoms with E-state index in [1.165, 1.54) is 5.06 Å². The first-order chi connectivity index (χ1) is 11.4. The van der Waals surface area contributed by atoms with E-state index in [9.17, 15) is 4.79 Å². The highest BCUT2D eigenvalue weighted by molar-refractivity contribution is 9.10. The number of thiocarbonyl (C=S) groups is 1. The van der Waals surface area contributed by atoms with E-state index >= 15 is 0 Å². The van der Waals surface area contributed by atoms with Crippen molar-refractivity contribution in [2.45, 2.75) is 12.6 Å². The van der Waals surface area contributed by atoms with Gasteiger partial charge in [0.15, 0.2) is 0 Å². The van der Waals surface area contributed by atoms with Crippen LogP contribution in [0, 0.1) is 6.92 Å². The molecule has 1 N–H and O–H groups in total. The van der Waals surface area contributed by atoms with Crippen LogP contribution in [-0.2, 0) is 15.4 Å². The van der Waals surface area contributed by atoms with Gasteiger partial charge in [-0.25, -0.2) is 4.84 Å². The molecular formula is C17H14BrN3O2S. The number of likely N-dealkylation sites (N-methyl/N-ethyl adjacent to an activating group) is 1. The van der Waals surface area contributed by atoms with Crippen molar-refractivity contribution in [3.05, 3.63) is 58.1 Å². The van der Waals surface area contributed by atoms with Gasteiger partial charge in [0.1, 0.15) is 0 Å². The molecule has 7 heteroatoms. The van der Waals surface area contributed by atoms with Crippen LogP contribution in [0.15, 0.2) is 46.9 Å². The molecule has 0 bridgehead atoms. The number of carbonyl (C=O) groups is 1. The maximum atomic E-state index is 12.9. The van der Waals surface area contributed by atoms with Gasteiger partial charge in [0.2, 0.25) is 5.11 Å². The molecule has 0 aliphatic carbocycles. The van der Waals surface area contributed by atoms with Gasteiger partial charge < -0.3 is 10.2 Å². The lowest BCUT2D eigenvalue weighted by atomic mass is 10.0. The Balaban J connectivity index is 1.80. The minimum atomic E-state index is -1.31. The fourth-order valence-corrected chi connectivity index (χ4v) is 3.59. The zero-order valence-corrected chi connectivity index (χ0v) is 15.4. The van der Waals surface area contributed by atoms with E-state index in [-0.39, 0.29) is 5.91 Å². The molecule has 24 heavy (non-hydrogen) atoms. The Labute approximate surface area is 153 Å². The number of nitrogens with one attached hydrogen (secondary N) is 1. The van der Waals surface area contributed by atoms with Crippen LogP contribution in [0.1, 0.15) is 11.1 Å². The van der Waals surface area contributed by atoms with Gasteiger partial charge >= 0.3 is 0 Å². The molecule has 1 spiro atoms. The van der Waals surface area contributed by atoms with Crippen molar-refractivity contribution >= 4 is 50.5 Å². The van der Waals surface area contributed by atoms with E-state index in [0.717, 1.165) is 27.0 Å². The van der Waals surface area contributed by atoms with Gasteiger partial charge in [-0.05, 0) is 55.5 Å². The third kappa shape index (κ3) is 2.08. The predicted octanol–water partition coefficient (Wildman–Crippen LogP) is 3.21. The summed E-state index contributed by atoms with van der Waals surface area (Å²) < 4.78 is 0.955. The molecule has 2 aromatic carbocycles. The maximum absolute atomic E-state index is 12.9. The molecule has 2 heterocycles. The van der Waals surface area contributed by atoms with E-state index in [1.807, 2.05) is 49.4 Å². The molecule has 2 aromatic rings. The number of fused-ring (bicyclic) bond motifs is 2. The Hall–Kier alpha value is -1.96. The van der Waals surface area contributed by atoms with Crippen molar-refractivity contribution < 1.29 is 9.63 Å². The average molecular weight is 404 g/mol. The first kappa shape index (κ1) is 15.6. The Bertz CT molecular complexity index is 871. The van der Waals surface area contributed by atoms with Crippen LogP contribution in [0.3, 0.4) is 0 Å². The number of hydrogen-bond acceptors (Lipinski definition) is 3. The first-order valence-electron chi connectivity index (χ1n) is 7.38. The number of rotatable bonds is 1. The predicted molar refractivity (Wildman–Crippen MR) is 99.7 cm³/mol. The van der Waals surface area contributed by atoms with Gasteiger partial charge in [-0.1, -0.05) is 27.6 Å². The van der Waals surface area contributed by atoms with Gasteiger partial charge in [-0.15, -0.1) is 0 Å². The summed E-state index contributed by atoms with van der Waals surface area (Å²) in [5.41, 5.74) is 2.09. The number of hydrogen-bond donors (Lipinski definition) is 1. The molecule has 0 saturated carbocycles. The Morgan fingerprint density at radius 1 is 1.21 bits per heavy atom. The van der Waals surface area contributed by atoms with Crippen LogP contribution in [-0.4, -0.2) is 18.1 Å². The lowest BCUT2D eigenvalue weighted by molar-refractivity contribution is -0.141. The zero-order chi connectivity index (χ0) is 17.1. The molecule has 0 radical (unpaired) electrons. The van der Waals surface area contributed by atoms with Crippen LogP contribution in [0.25, 0.3) is 0 Å². The minimum Gasteiger partial charge on any atom is -0.319 e. The fraction of sp³-hybridized carbons (Fsp3) is 0.176. The molecule has 4 rings (SSSR count). The lowest BCUT2D eigenvalue weighted by Gasteiger charge is -2.22. The highest BCUT2D eigenvalue weighted by atomic mass is 79.9. The number of nitrogens with zero attached hydrogens (tertiary/aromatic N) is 2. The Kier molecular flexibility index (Phi) is 3.42. The van der Waals surface area contributed by atoms with E-state index in [4.69, 9.17) is 17.1 Å². The summed E-state index contributed by atoms with van der Waals surface area (Å²) in [6, 6.07) is 13.4. The molecule has 1 unspecified atom stereocenters. The molecular weight excluding hydrogens is 390 g/mol. The largest absolute Gasteiger partial charge is 0.319 e. The minimum absolute atomic E-state index is 0.190.